The van der Waals surface area contributed by atoms with Gasteiger partial charge in [-0.1, -0.05) is 28.8 Å². The van der Waals surface area contributed by atoms with Crippen LogP contribution in [0.25, 0.3) is 0 Å². The molecule has 1 aliphatic rings. The summed E-state index contributed by atoms with van der Waals surface area (Å²) < 4.78 is 7.02. The molecule has 1 saturated carbocycles. The molecule has 2 atom stereocenters. The van der Waals surface area contributed by atoms with Crippen molar-refractivity contribution in [2.45, 2.75) is 51.2 Å². The van der Waals surface area contributed by atoms with Crippen LogP contribution in [0.1, 0.15) is 37.7 Å². The quantitative estimate of drug-likeness (QED) is 0.841. The summed E-state index contributed by atoms with van der Waals surface area (Å²) in [5.74, 6) is 0.888. The molecule has 0 aliphatic heterocycles. The lowest BCUT2D eigenvalue weighted by Gasteiger charge is -2.23. The van der Waals surface area contributed by atoms with Crippen LogP contribution in [0.15, 0.2) is 22.7 Å². The second-order valence-corrected chi connectivity index (χ2v) is 5.69. The van der Waals surface area contributed by atoms with Crippen LogP contribution in [0.3, 0.4) is 0 Å². The van der Waals surface area contributed by atoms with E-state index in [0.29, 0.717) is 0 Å². The van der Waals surface area contributed by atoms with Gasteiger partial charge in [0.25, 0.3) is 0 Å². The fourth-order valence-electron chi connectivity index (χ4n) is 2.30. The van der Waals surface area contributed by atoms with Crippen LogP contribution in [0, 0.1) is 6.92 Å². The fourth-order valence-corrected chi connectivity index (χ4v) is 2.78. The lowest BCUT2D eigenvalue weighted by Crippen LogP contribution is -2.30. The summed E-state index contributed by atoms with van der Waals surface area (Å²) in [4.78, 5) is 0. The SMILES string of the molecule is Cc1cc(Br)ccc1OC1CCCCCC1O. The van der Waals surface area contributed by atoms with E-state index >= 15 is 0 Å². The Morgan fingerprint density at radius 1 is 1.24 bits per heavy atom. The first-order valence-electron chi connectivity index (χ1n) is 6.27. The minimum absolute atomic E-state index is 0.0441. The minimum Gasteiger partial charge on any atom is -0.487 e. The molecule has 0 amide bonds. The van der Waals surface area contributed by atoms with Crippen LogP contribution < -0.4 is 4.74 Å². The number of rotatable bonds is 2. The molecule has 0 heterocycles. The van der Waals surface area contributed by atoms with Gasteiger partial charge >= 0.3 is 0 Å². The van der Waals surface area contributed by atoms with Gasteiger partial charge in [-0.05, 0) is 49.9 Å². The van der Waals surface area contributed by atoms with Crippen LogP contribution in [0.5, 0.6) is 5.75 Å². The molecule has 1 aromatic rings. The zero-order valence-corrected chi connectivity index (χ0v) is 11.7. The van der Waals surface area contributed by atoms with Crippen molar-refractivity contribution in [3.63, 3.8) is 0 Å². The van der Waals surface area contributed by atoms with E-state index in [9.17, 15) is 5.11 Å². The molecule has 0 bridgehead atoms. The molecule has 0 aromatic heterocycles. The monoisotopic (exact) mass is 298 g/mol. The van der Waals surface area contributed by atoms with Gasteiger partial charge in [-0.15, -0.1) is 0 Å². The summed E-state index contributed by atoms with van der Waals surface area (Å²) in [5.41, 5.74) is 1.11. The van der Waals surface area contributed by atoms with Crippen molar-refractivity contribution < 1.29 is 9.84 Å². The van der Waals surface area contributed by atoms with E-state index in [4.69, 9.17) is 4.74 Å². The van der Waals surface area contributed by atoms with Crippen LogP contribution in [-0.2, 0) is 0 Å². The van der Waals surface area contributed by atoms with Crippen molar-refractivity contribution in [1.29, 1.82) is 0 Å². The zero-order chi connectivity index (χ0) is 12.3. The van der Waals surface area contributed by atoms with Gasteiger partial charge in [-0.25, -0.2) is 0 Å². The number of halogens is 1. The van der Waals surface area contributed by atoms with Crippen molar-refractivity contribution in [2.75, 3.05) is 0 Å². The maximum atomic E-state index is 10.0. The number of ether oxygens (including phenoxy) is 1. The summed E-state index contributed by atoms with van der Waals surface area (Å²) in [6.45, 7) is 2.03. The van der Waals surface area contributed by atoms with Crippen molar-refractivity contribution in [1.82, 2.24) is 0 Å². The molecule has 2 nitrogen and oxygen atoms in total. The number of hydrogen-bond acceptors (Lipinski definition) is 2. The van der Waals surface area contributed by atoms with Crippen molar-refractivity contribution in [3.05, 3.63) is 28.2 Å². The Bertz CT molecular complexity index is 378. The van der Waals surface area contributed by atoms with Crippen molar-refractivity contribution in [2.24, 2.45) is 0 Å². The largest absolute Gasteiger partial charge is 0.487 e. The molecule has 0 saturated heterocycles. The minimum atomic E-state index is -0.319. The molecule has 1 N–H and O–H groups in total. The molecule has 2 rings (SSSR count). The lowest BCUT2D eigenvalue weighted by atomic mass is 10.1. The van der Waals surface area contributed by atoms with Crippen molar-refractivity contribution >= 4 is 15.9 Å². The third-order valence-electron chi connectivity index (χ3n) is 3.33. The second kappa shape index (κ2) is 5.87. The van der Waals surface area contributed by atoms with Gasteiger partial charge in [0, 0.05) is 4.47 Å². The molecule has 1 aromatic carbocycles. The van der Waals surface area contributed by atoms with E-state index in [1.807, 2.05) is 25.1 Å². The molecule has 0 spiro atoms. The molecule has 17 heavy (non-hydrogen) atoms. The van der Waals surface area contributed by atoms with Gasteiger partial charge in [0.2, 0.25) is 0 Å². The Labute approximate surface area is 111 Å². The second-order valence-electron chi connectivity index (χ2n) is 4.77. The summed E-state index contributed by atoms with van der Waals surface area (Å²) >= 11 is 3.44. The Hall–Kier alpha value is -0.540. The standard InChI is InChI=1S/C14H19BrO2/c1-10-9-11(15)7-8-13(10)17-14-6-4-2-3-5-12(14)16/h7-9,12,14,16H,2-6H2,1H3. The van der Waals surface area contributed by atoms with Gasteiger partial charge in [0.15, 0.2) is 0 Å². The number of aliphatic hydroxyl groups excluding tert-OH is 1. The zero-order valence-electron chi connectivity index (χ0n) is 10.2. The number of benzene rings is 1. The first-order chi connectivity index (χ1) is 8.16. The molecule has 1 fully saturated rings. The average Bonchev–Trinajstić information content (AvgIpc) is 2.48. The summed E-state index contributed by atoms with van der Waals surface area (Å²) in [6.07, 6.45) is 4.92. The summed E-state index contributed by atoms with van der Waals surface area (Å²) in [7, 11) is 0. The summed E-state index contributed by atoms with van der Waals surface area (Å²) in [6, 6.07) is 5.99. The van der Waals surface area contributed by atoms with Crippen LogP contribution >= 0.6 is 15.9 Å². The smallest absolute Gasteiger partial charge is 0.124 e. The predicted molar refractivity (Wildman–Crippen MR) is 72.4 cm³/mol. The first-order valence-corrected chi connectivity index (χ1v) is 7.07. The van der Waals surface area contributed by atoms with E-state index in [2.05, 4.69) is 15.9 Å². The molecular formula is C14H19BrO2. The Morgan fingerprint density at radius 3 is 2.76 bits per heavy atom. The normalized spacial score (nSPS) is 25.4. The molecule has 94 valence electrons. The van der Waals surface area contributed by atoms with Gasteiger partial charge < -0.3 is 9.84 Å². The van der Waals surface area contributed by atoms with Gasteiger partial charge in [-0.3, -0.25) is 0 Å². The Morgan fingerprint density at radius 2 is 2.00 bits per heavy atom. The van der Waals surface area contributed by atoms with Crippen molar-refractivity contribution in [3.8, 4) is 5.75 Å². The van der Waals surface area contributed by atoms with E-state index in [-0.39, 0.29) is 12.2 Å². The van der Waals surface area contributed by atoms with E-state index in [1.54, 1.807) is 0 Å². The first kappa shape index (κ1) is 12.9. The van der Waals surface area contributed by atoms with E-state index in [1.165, 1.54) is 6.42 Å². The molecular weight excluding hydrogens is 280 g/mol. The number of aryl methyl sites for hydroxylation is 1. The highest BCUT2D eigenvalue weighted by molar-refractivity contribution is 9.10. The third kappa shape index (κ3) is 3.46. The highest BCUT2D eigenvalue weighted by Crippen LogP contribution is 2.27. The van der Waals surface area contributed by atoms with Crippen LogP contribution in [0.4, 0.5) is 0 Å². The van der Waals surface area contributed by atoms with Gasteiger partial charge in [-0.2, -0.15) is 0 Å². The van der Waals surface area contributed by atoms with E-state index < -0.39 is 0 Å². The topological polar surface area (TPSA) is 29.5 Å². The maximum Gasteiger partial charge on any atom is 0.124 e. The maximum absolute atomic E-state index is 10.0. The van der Waals surface area contributed by atoms with Crippen LogP contribution in [0.2, 0.25) is 0 Å². The number of aliphatic hydroxyl groups is 1. The summed E-state index contributed by atoms with van der Waals surface area (Å²) in [5, 5.41) is 10.0. The average molecular weight is 299 g/mol. The molecule has 0 radical (unpaired) electrons. The molecule has 2 unspecified atom stereocenters. The van der Waals surface area contributed by atoms with E-state index in [0.717, 1.165) is 41.5 Å². The van der Waals surface area contributed by atoms with Crippen LogP contribution in [-0.4, -0.2) is 17.3 Å². The fraction of sp³-hybridized carbons (Fsp3) is 0.571. The van der Waals surface area contributed by atoms with Gasteiger partial charge in [0.05, 0.1) is 6.10 Å². The van der Waals surface area contributed by atoms with Gasteiger partial charge in [0.1, 0.15) is 11.9 Å². The number of hydrogen-bond donors (Lipinski definition) is 1. The third-order valence-corrected chi connectivity index (χ3v) is 3.83. The highest BCUT2D eigenvalue weighted by Gasteiger charge is 2.23. The lowest BCUT2D eigenvalue weighted by molar-refractivity contribution is 0.0316. The Kier molecular flexibility index (Phi) is 4.46. The Balaban J connectivity index is 2.08. The predicted octanol–water partition coefficient (Wildman–Crippen LogP) is 3.83. The molecule has 3 heteroatoms. The highest BCUT2D eigenvalue weighted by atomic mass is 79.9. The molecule has 1 aliphatic carbocycles.